The number of ether oxygens (including phenoxy) is 3. The Labute approximate surface area is 280 Å². The minimum absolute atomic E-state index is 0.206. The molecule has 1 heterocycles. The number of hydrogen-bond donors (Lipinski definition) is 3. The molecule has 3 atom stereocenters. The third-order valence-electron chi connectivity index (χ3n) is 8.31. The number of amides is 2. The van der Waals surface area contributed by atoms with Crippen LogP contribution in [0.25, 0.3) is 0 Å². The fraction of sp³-hybridized carbons (Fsp3) is 0.289. The maximum atomic E-state index is 15.3. The van der Waals surface area contributed by atoms with E-state index in [0.29, 0.717) is 55.1 Å². The van der Waals surface area contributed by atoms with Gasteiger partial charge < -0.3 is 30.2 Å². The Morgan fingerprint density at radius 1 is 0.938 bits per heavy atom. The van der Waals surface area contributed by atoms with E-state index in [0.717, 1.165) is 11.1 Å². The Bertz CT molecular complexity index is 1640. The zero-order valence-corrected chi connectivity index (χ0v) is 26.7. The zero-order chi connectivity index (χ0) is 33.7. The van der Waals surface area contributed by atoms with Gasteiger partial charge in [0.25, 0.3) is 0 Å². The maximum Gasteiger partial charge on any atom is 0.407 e. The van der Waals surface area contributed by atoms with Crippen molar-refractivity contribution in [2.75, 3.05) is 32.1 Å². The normalized spacial score (nSPS) is 16.4. The van der Waals surface area contributed by atoms with Crippen LogP contribution in [0.15, 0.2) is 103 Å². The van der Waals surface area contributed by atoms with Crippen molar-refractivity contribution < 1.29 is 28.2 Å². The van der Waals surface area contributed by atoms with Crippen LogP contribution in [-0.4, -0.2) is 57.1 Å². The van der Waals surface area contributed by atoms with Gasteiger partial charge in [0.2, 0.25) is 5.91 Å². The van der Waals surface area contributed by atoms with Gasteiger partial charge in [-0.1, -0.05) is 66.7 Å². The first-order valence-corrected chi connectivity index (χ1v) is 15.9. The van der Waals surface area contributed by atoms with E-state index in [2.05, 4.69) is 22.0 Å². The average molecular weight is 651 g/mol. The quantitative estimate of drug-likeness (QED) is 0.164. The number of carbonyl (C=O) groups is 2. The highest BCUT2D eigenvalue weighted by Crippen LogP contribution is 2.30. The Morgan fingerprint density at radius 2 is 1.60 bits per heavy atom. The number of morpholine rings is 1. The Morgan fingerprint density at radius 3 is 2.25 bits per heavy atom. The van der Waals surface area contributed by atoms with Gasteiger partial charge in [-0.3, -0.25) is 4.79 Å². The lowest BCUT2D eigenvalue weighted by Crippen LogP contribution is -2.47. The zero-order valence-electron chi connectivity index (χ0n) is 26.7. The van der Waals surface area contributed by atoms with E-state index in [4.69, 9.17) is 19.5 Å². The van der Waals surface area contributed by atoms with Crippen LogP contribution in [0.2, 0.25) is 0 Å². The largest absolute Gasteiger partial charge is 0.491 e. The van der Waals surface area contributed by atoms with E-state index in [1.807, 2.05) is 60.7 Å². The van der Waals surface area contributed by atoms with Crippen molar-refractivity contribution >= 4 is 17.7 Å². The first kappa shape index (κ1) is 34.1. The first-order valence-electron chi connectivity index (χ1n) is 15.9. The number of carbonyl (C=O) groups excluding carboxylic acids is 2. The number of methoxy groups -OCH3 is 1. The Balaban J connectivity index is 1.26. The summed E-state index contributed by atoms with van der Waals surface area (Å²) in [5, 5.41) is 17.9. The smallest absolute Gasteiger partial charge is 0.407 e. The third kappa shape index (κ3) is 9.41. The van der Waals surface area contributed by atoms with Crippen LogP contribution in [0.5, 0.6) is 5.75 Å². The van der Waals surface area contributed by atoms with E-state index >= 15 is 4.39 Å². The second-order valence-electron chi connectivity index (χ2n) is 11.6. The van der Waals surface area contributed by atoms with Crippen LogP contribution in [0.1, 0.15) is 41.0 Å². The molecule has 9 nitrogen and oxygen atoms in total. The van der Waals surface area contributed by atoms with Crippen LogP contribution >= 0.6 is 0 Å². The monoisotopic (exact) mass is 650 g/mol. The SMILES string of the molecule is COC(=O)N[C@@H](CC(c1ccccc1)c1ccccc1)C(=O)Nc1cccc(F)c1CC[C@@H]1CNC[C@@H](COc2ccc(C#N)cc2)O1. The number of nitrogens with zero attached hydrogens (tertiary/aromatic N) is 1. The van der Waals surface area contributed by atoms with Gasteiger partial charge in [-0.15, -0.1) is 0 Å². The van der Waals surface area contributed by atoms with Gasteiger partial charge in [0.1, 0.15) is 30.3 Å². The summed E-state index contributed by atoms with van der Waals surface area (Å²) in [6.07, 6.45) is -0.113. The second-order valence-corrected chi connectivity index (χ2v) is 11.6. The highest BCUT2D eigenvalue weighted by molar-refractivity contribution is 5.97. The number of nitrogens with one attached hydrogen (secondary N) is 3. The average Bonchev–Trinajstić information content (AvgIpc) is 3.13. The summed E-state index contributed by atoms with van der Waals surface area (Å²) in [7, 11) is 1.24. The molecule has 5 rings (SSSR count). The molecule has 1 saturated heterocycles. The lowest BCUT2D eigenvalue weighted by molar-refractivity contribution is -0.118. The van der Waals surface area contributed by atoms with Crippen molar-refractivity contribution in [3.63, 3.8) is 0 Å². The molecule has 1 fully saturated rings. The van der Waals surface area contributed by atoms with E-state index in [1.165, 1.54) is 13.2 Å². The molecule has 0 unspecified atom stereocenters. The van der Waals surface area contributed by atoms with E-state index < -0.39 is 23.9 Å². The van der Waals surface area contributed by atoms with Gasteiger partial charge in [0.15, 0.2) is 0 Å². The standard InChI is InChI=1S/C38H39FN4O5/c1-46-38(45)43-36(21-33(27-9-4-2-5-10-27)28-11-6-3-7-12-28)37(44)42-35-14-8-13-34(39)32(35)20-19-30-23-41-24-31(48-30)25-47-29-17-15-26(22-40)16-18-29/h2-18,30-31,33,36,41H,19-21,23-25H2,1H3,(H,42,44)(H,43,45)/t30-,31+,36+/m1/s1. The number of alkyl carbamates (subject to hydrolysis) is 1. The minimum Gasteiger partial charge on any atom is -0.491 e. The molecule has 0 aromatic heterocycles. The highest BCUT2D eigenvalue weighted by atomic mass is 19.1. The predicted molar refractivity (Wildman–Crippen MR) is 180 cm³/mol. The van der Waals surface area contributed by atoms with Crippen molar-refractivity contribution in [2.24, 2.45) is 0 Å². The molecule has 0 aliphatic carbocycles. The van der Waals surface area contributed by atoms with Crippen molar-refractivity contribution in [2.45, 2.75) is 43.4 Å². The molecule has 2 amide bonds. The highest BCUT2D eigenvalue weighted by Gasteiger charge is 2.29. The van der Waals surface area contributed by atoms with Crippen LogP contribution < -0.4 is 20.7 Å². The third-order valence-corrected chi connectivity index (χ3v) is 8.31. The number of nitriles is 1. The summed E-state index contributed by atoms with van der Waals surface area (Å²) in [5.74, 6) is -0.497. The molecule has 0 radical (unpaired) electrons. The number of rotatable bonds is 13. The number of hydrogen-bond acceptors (Lipinski definition) is 7. The molecular formula is C38H39FN4O5. The topological polar surface area (TPSA) is 122 Å². The molecule has 0 bridgehead atoms. The van der Waals surface area contributed by atoms with Gasteiger partial charge in [0.05, 0.1) is 24.8 Å². The van der Waals surface area contributed by atoms with Gasteiger partial charge in [-0.05, 0) is 66.8 Å². The van der Waals surface area contributed by atoms with Gasteiger partial charge in [-0.2, -0.15) is 5.26 Å². The van der Waals surface area contributed by atoms with Gasteiger partial charge in [0, 0.05) is 30.3 Å². The lowest BCUT2D eigenvalue weighted by Gasteiger charge is -2.31. The molecule has 1 aliphatic rings. The van der Waals surface area contributed by atoms with Crippen LogP contribution in [0, 0.1) is 17.1 Å². The van der Waals surface area contributed by atoms with E-state index in [-0.39, 0.29) is 24.5 Å². The van der Waals surface area contributed by atoms with E-state index in [9.17, 15) is 9.59 Å². The van der Waals surface area contributed by atoms with Gasteiger partial charge >= 0.3 is 6.09 Å². The van der Waals surface area contributed by atoms with Crippen molar-refractivity contribution in [3.8, 4) is 11.8 Å². The summed E-state index contributed by atoms with van der Waals surface area (Å²) in [6.45, 7) is 1.52. The second kappa shape index (κ2) is 17.1. The fourth-order valence-corrected chi connectivity index (χ4v) is 5.82. The summed E-state index contributed by atoms with van der Waals surface area (Å²) in [4.78, 5) is 26.2. The maximum absolute atomic E-state index is 15.3. The van der Waals surface area contributed by atoms with Crippen LogP contribution in [0.3, 0.4) is 0 Å². The molecule has 0 spiro atoms. The Kier molecular flexibility index (Phi) is 12.1. The summed E-state index contributed by atoms with van der Waals surface area (Å²) in [5.41, 5.74) is 3.21. The van der Waals surface area contributed by atoms with Crippen LogP contribution in [0.4, 0.5) is 14.9 Å². The number of halogens is 1. The van der Waals surface area contributed by atoms with Crippen molar-refractivity contribution in [3.05, 3.63) is 131 Å². The fourth-order valence-electron chi connectivity index (χ4n) is 5.82. The van der Waals surface area contributed by atoms with Crippen molar-refractivity contribution in [1.82, 2.24) is 10.6 Å². The predicted octanol–water partition coefficient (Wildman–Crippen LogP) is 5.95. The number of benzene rings is 4. The molecule has 10 heteroatoms. The molecule has 0 saturated carbocycles. The van der Waals surface area contributed by atoms with E-state index in [1.54, 1.807) is 36.4 Å². The molecular weight excluding hydrogens is 611 g/mol. The lowest BCUT2D eigenvalue weighted by atomic mass is 9.85. The van der Waals surface area contributed by atoms with Gasteiger partial charge in [-0.25, -0.2) is 9.18 Å². The summed E-state index contributed by atoms with van der Waals surface area (Å²) >= 11 is 0. The minimum atomic E-state index is -0.985. The molecule has 3 N–H and O–H groups in total. The number of anilines is 1. The first-order chi connectivity index (χ1) is 23.4. The van der Waals surface area contributed by atoms with Crippen molar-refractivity contribution in [1.29, 1.82) is 5.26 Å². The van der Waals surface area contributed by atoms with Crippen LogP contribution in [-0.2, 0) is 20.7 Å². The molecule has 4 aromatic rings. The summed E-state index contributed by atoms with van der Waals surface area (Å²) in [6, 6.07) is 32.1. The Hall–Kier alpha value is -5.24. The summed E-state index contributed by atoms with van der Waals surface area (Å²) < 4.78 is 32.2. The molecule has 48 heavy (non-hydrogen) atoms. The molecule has 4 aromatic carbocycles. The molecule has 1 aliphatic heterocycles. The molecule has 248 valence electrons.